The number of pyridine rings is 1. The van der Waals surface area contributed by atoms with Crippen LogP contribution in [-0.2, 0) is 16.0 Å². The Kier molecular flexibility index (Phi) is 11.2. The Balaban J connectivity index is 1.37. The number of hydrogen-bond donors (Lipinski definition) is 0. The molecule has 1 unspecified atom stereocenters. The smallest absolute Gasteiger partial charge is 0.387 e. The molecule has 2 aromatic carbocycles. The van der Waals surface area contributed by atoms with Crippen LogP contribution in [0, 0.1) is 5.92 Å². The minimum atomic E-state index is -3.06. The number of rotatable bonds is 13. The van der Waals surface area contributed by atoms with E-state index >= 15 is 0 Å². The summed E-state index contributed by atoms with van der Waals surface area (Å²) >= 11 is 12.8. The molecule has 0 radical (unpaired) electrons. The Bertz CT molecular complexity index is 1600. The SMILES string of the molecule is CN(C)C(=O)c1cccc(C(=O)N2CCCC2CC(=O)O[C@@H](Cc2c(Cl)cncc2Cl)c2ccc(OC(F)F)c(OCC3CC3)c2)c1. The largest absolute Gasteiger partial charge is 0.489 e. The first-order chi connectivity index (χ1) is 22.5. The third-order valence-corrected chi connectivity index (χ3v) is 8.80. The molecule has 1 aliphatic carbocycles. The van der Waals surface area contributed by atoms with Crippen LogP contribution >= 0.6 is 23.2 Å². The highest BCUT2D eigenvalue weighted by Gasteiger charge is 2.33. The number of benzene rings is 2. The molecule has 9 nitrogen and oxygen atoms in total. The molecule has 1 aliphatic heterocycles. The van der Waals surface area contributed by atoms with Gasteiger partial charge in [-0.3, -0.25) is 19.4 Å². The van der Waals surface area contributed by atoms with E-state index in [1.807, 2.05) is 0 Å². The van der Waals surface area contributed by atoms with Gasteiger partial charge in [0.1, 0.15) is 6.10 Å². The minimum absolute atomic E-state index is 0.0586. The number of amides is 2. The zero-order chi connectivity index (χ0) is 33.7. The molecule has 1 saturated heterocycles. The molecule has 3 aromatic rings. The van der Waals surface area contributed by atoms with Gasteiger partial charge in [-0.05, 0) is 73.1 Å². The molecule has 0 N–H and O–H groups in total. The number of carbonyl (C=O) groups is 3. The molecule has 5 rings (SSSR count). The topological polar surface area (TPSA) is 98.3 Å². The van der Waals surface area contributed by atoms with Crippen LogP contribution in [0.2, 0.25) is 10.0 Å². The second-order valence-corrected chi connectivity index (χ2v) is 12.7. The number of hydrogen-bond acceptors (Lipinski definition) is 7. The van der Waals surface area contributed by atoms with Crippen LogP contribution in [0.4, 0.5) is 8.78 Å². The van der Waals surface area contributed by atoms with Crippen molar-refractivity contribution in [3.8, 4) is 11.5 Å². The molecule has 0 bridgehead atoms. The lowest BCUT2D eigenvalue weighted by Gasteiger charge is -2.26. The Hall–Kier alpha value is -3.96. The van der Waals surface area contributed by atoms with Gasteiger partial charge in [-0.2, -0.15) is 8.78 Å². The van der Waals surface area contributed by atoms with E-state index in [9.17, 15) is 23.2 Å². The zero-order valence-electron chi connectivity index (χ0n) is 26.0. The van der Waals surface area contributed by atoms with E-state index in [1.54, 1.807) is 43.3 Å². The van der Waals surface area contributed by atoms with Gasteiger partial charge in [0.2, 0.25) is 0 Å². The number of esters is 1. The van der Waals surface area contributed by atoms with Gasteiger partial charge in [0, 0.05) is 56.6 Å². The first-order valence-corrected chi connectivity index (χ1v) is 16.1. The van der Waals surface area contributed by atoms with E-state index in [0.29, 0.717) is 54.2 Å². The number of ether oxygens (including phenoxy) is 3. The van der Waals surface area contributed by atoms with Crippen molar-refractivity contribution < 1.29 is 37.4 Å². The van der Waals surface area contributed by atoms with E-state index in [-0.39, 0.29) is 46.2 Å². The molecular weight excluding hydrogens is 655 g/mol. The molecule has 0 spiro atoms. The lowest BCUT2D eigenvalue weighted by atomic mass is 10.0. The molecular formula is C34H35Cl2F2N3O6. The Morgan fingerprint density at radius 1 is 1.00 bits per heavy atom. The van der Waals surface area contributed by atoms with E-state index in [4.69, 9.17) is 32.7 Å². The van der Waals surface area contributed by atoms with Gasteiger partial charge in [-0.25, -0.2) is 0 Å². The van der Waals surface area contributed by atoms with Crippen LogP contribution in [0.15, 0.2) is 54.9 Å². The van der Waals surface area contributed by atoms with Gasteiger partial charge in [0.25, 0.3) is 11.8 Å². The summed E-state index contributed by atoms with van der Waals surface area (Å²) in [5.74, 6) is -0.777. The van der Waals surface area contributed by atoms with Crippen LogP contribution in [0.25, 0.3) is 0 Å². The highest BCUT2D eigenvalue weighted by molar-refractivity contribution is 6.35. The number of aromatic nitrogens is 1. The number of carbonyl (C=O) groups excluding carboxylic acids is 3. The average molecular weight is 691 g/mol. The van der Waals surface area contributed by atoms with E-state index < -0.39 is 24.7 Å². The fourth-order valence-electron chi connectivity index (χ4n) is 5.49. The molecule has 1 aromatic heterocycles. The van der Waals surface area contributed by atoms with Crippen molar-refractivity contribution in [2.24, 2.45) is 5.92 Å². The van der Waals surface area contributed by atoms with Crippen molar-refractivity contribution in [2.75, 3.05) is 27.2 Å². The van der Waals surface area contributed by atoms with Crippen molar-refractivity contribution >= 4 is 41.0 Å². The summed E-state index contributed by atoms with van der Waals surface area (Å²) in [6.45, 7) is -2.27. The molecule has 2 aliphatic rings. The maximum absolute atomic E-state index is 13.5. The van der Waals surface area contributed by atoms with E-state index in [2.05, 4.69) is 9.72 Å². The quantitative estimate of drug-likeness (QED) is 0.178. The lowest BCUT2D eigenvalue weighted by molar-refractivity contribution is -0.150. The molecule has 2 heterocycles. The summed E-state index contributed by atoms with van der Waals surface area (Å²) in [5, 5.41) is 0.535. The van der Waals surface area contributed by atoms with Crippen LogP contribution in [0.5, 0.6) is 11.5 Å². The Morgan fingerprint density at radius 2 is 1.72 bits per heavy atom. The first-order valence-electron chi connectivity index (χ1n) is 15.3. The fraction of sp³-hybridized carbons (Fsp3) is 0.412. The van der Waals surface area contributed by atoms with Crippen LogP contribution in [0.1, 0.15) is 70.1 Å². The maximum Gasteiger partial charge on any atom is 0.387 e. The summed E-state index contributed by atoms with van der Waals surface area (Å²) in [5.41, 5.74) is 1.68. The van der Waals surface area contributed by atoms with Crippen molar-refractivity contribution in [3.63, 3.8) is 0 Å². The predicted octanol–water partition coefficient (Wildman–Crippen LogP) is 7.00. The molecule has 1 saturated carbocycles. The third-order valence-electron chi connectivity index (χ3n) is 8.15. The lowest BCUT2D eigenvalue weighted by Crippen LogP contribution is -2.37. The minimum Gasteiger partial charge on any atom is -0.489 e. The highest BCUT2D eigenvalue weighted by Crippen LogP contribution is 2.38. The van der Waals surface area contributed by atoms with Crippen molar-refractivity contribution in [2.45, 2.75) is 57.3 Å². The van der Waals surface area contributed by atoms with Gasteiger partial charge >= 0.3 is 12.6 Å². The summed E-state index contributed by atoms with van der Waals surface area (Å²) < 4.78 is 42.9. The summed E-state index contributed by atoms with van der Waals surface area (Å²) in [7, 11) is 3.27. The highest BCUT2D eigenvalue weighted by atomic mass is 35.5. The number of halogens is 4. The monoisotopic (exact) mass is 689 g/mol. The summed E-state index contributed by atoms with van der Waals surface area (Å²) in [6.07, 6.45) is 5.14. The van der Waals surface area contributed by atoms with E-state index in [1.165, 1.54) is 35.5 Å². The van der Waals surface area contributed by atoms with Gasteiger partial charge in [0.15, 0.2) is 11.5 Å². The van der Waals surface area contributed by atoms with Gasteiger partial charge in [-0.1, -0.05) is 35.3 Å². The predicted molar refractivity (Wildman–Crippen MR) is 171 cm³/mol. The first kappa shape index (κ1) is 34.4. The second-order valence-electron chi connectivity index (χ2n) is 11.9. The fourth-order valence-corrected chi connectivity index (χ4v) is 6.01. The molecule has 2 fully saturated rings. The van der Waals surface area contributed by atoms with Crippen molar-refractivity contribution in [1.82, 2.24) is 14.8 Å². The van der Waals surface area contributed by atoms with Gasteiger partial charge in [0.05, 0.1) is 23.1 Å². The molecule has 2 amide bonds. The summed E-state index contributed by atoms with van der Waals surface area (Å²) in [6, 6.07) is 10.5. The number of nitrogens with zero attached hydrogens (tertiary/aromatic N) is 3. The van der Waals surface area contributed by atoms with Gasteiger partial charge < -0.3 is 24.0 Å². The zero-order valence-corrected chi connectivity index (χ0v) is 27.5. The summed E-state index contributed by atoms with van der Waals surface area (Å²) in [4.78, 5) is 46.6. The Labute approximate surface area is 281 Å². The van der Waals surface area contributed by atoms with Crippen LogP contribution in [0.3, 0.4) is 0 Å². The van der Waals surface area contributed by atoms with E-state index in [0.717, 1.165) is 12.8 Å². The third kappa shape index (κ3) is 8.90. The van der Waals surface area contributed by atoms with Crippen molar-refractivity contribution in [1.29, 1.82) is 0 Å². The van der Waals surface area contributed by atoms with Crippen LogP contribution < -0.4 is 9.47 Å². The molecule has 47 heavy (non-hydrogen) atoms. The Morgan fingerprint density at radius 3 is 2.40 bits per heavy atom. The molecule has 13 heteroatoms. The normalized spacial score (nSPS) is 16.6. The molecule has 2 atom stereocenters. The second kappa shape index (κ2) is 15.3. The van der Waals surface area contributed by atoms with Gasteiger partial charge in [-0.15, -0.1) is 0 Å². The average Bonchev–Trinajstić information content (AvgIpc) is 3.76. The molecule has 250 valence electrons. The standard InChI is InChI=1S/C34H35Cl2F2N3O6/c1-40(2)32(43)22-5-3-6-23(13-22)33(44)41-12-4-7-24(41)15-31(42)46-29(16-25-26(35)17-39-18-27(25)36)21-10-11-28(47-34(37)38)30(14-21)45-19-20-8-9-20/h3,5-6,10-11,13-14,17-18,20,24,29,34H,4,7-9,12,15-16,19H2,1-2H3/t24?,29-/m0/s1. The van der Waals surface area contributed by atoms with Crippen molar-refractivity contribution in [3.05, 3.63) is 87.2 Å². The number of alkyl halides is 2. The maximum atomic E-state index is 13.5. The number of likely N-dealkylation sites (tertiary alicyclic amines) is 1. The van der Waals surface area contributed by atoms with Crippen LogP contribution in [-0.4, -0.2) is 72.5 Å².